The summed E-state index contributed by atoms with van der Waals surface area (Å²) in [5, 5.41) is 13.2. The second-order valence-electron chi connectivity index (χ2n) is 3.41. The number of rotatable bonds is 3. The van der Waals surface area contributed by atoms with Gasteiger partial charge in [-0.15, -0.1) is 0 Å². The van der Waals surface area contributed by atoms with Gasteiger partial charge in [0.05, 0.1) is 11.3 Å². The van der Waals surface area contributed by atoms with Gasteiger partial charge in [-0.2, -0.15) is 5.10 Å². The van der Waals surface area contributed by atoms with E-state index in [-0.39, 0.29) is 5.56 Å². The van der Waals surface area contributed by atoms with Crippen molar-refractivity contribution in [2.75, 3.05) is 0 Å². The van der Waals surface area contributed by atoms with Crippen molar-refractivity contribution >= 4 is 5.97 Å². The average molecular weight is 216 g/mol. The van der Waals surface area contributed by atoms with Crippen molar-refractivity contribution in [2.24, 2.45) is 0 Å². The molecule has 0 aliphatic rings. The number of aryl methyl sites for hydroxylation is 1. The van der Waals surface area contributed by atoms with Crippen LogP contribution in [0.4, 0.5) is 0 Å². The Morgan fingerprint density at radius 1 is 1.38 bits per heavy atom. The highest BCUT2D eigenvalue weighted by molar-refractivity contribution is 5.91. The molecule has 82 valence electrons. The number of aromatic carboxylic acids is 1. The molecule has 4 heteroatoms. The van der Waals surface area contributed by atoms with E-state index >= 15 is 0 Å². The van der Waals surface area contributed by atoms with Crippen LogP contribution in [-0.2, 0) is 6.42 Å². The second-order valence-corrected chi connectivity index (χ2v) is 3.41. The van der Waals surface area contributed by atoms with Crippen LogP contribution in [0.1, 0.15) is 23.0 Å². The fourth-order valence-electron chi connectivity index (χ4n) is 1.65. The fourth-order valence-corrected chi connectivity index (χ4v) is 1.65. The van der Waals surface area contributed by atoms with Gasteiger partial charge in [0.15, 0.2) is 0 Å². The predicted octanol–water partition coefficient (Wildman–Crippen LogP) is 2.13. The van der Waals surface area contributed by atoms with Crippen molar-refractivity contribution in [2.45, 2.75) is 13.3 Å². The first-order valence-electron chi connectivity index (χ1n) is 5.09. The van der Waals surface area contributed by atoms with E-state index < -0.39 is 5.97 Å². The highest BCUT2D eigenvalue weighted by Crippen LogP contribution is 2.16. The third-order valence-electron chi connectivity index (χ3n) is 2.45. The van der Waals surface area contributed by atoms with Gasteiger partial charge < -0.3 is 5.11 Å². The molecule has 0 radical (unpaired) electrons. The summed E-state index contributed by atoms with van der Waals surface area (Å²) < 4.78 is 1.67. The van der Waals surface area contributed by atoms with Crippen molar-refractivity contribution in [1.29, 1.82) is 0 Å². The Labute approximate surface area is 93.1 Å². The molecule has 0 aliphatic heterocycles. The normalized spacial score (nSPS) is 10.3. The Balaban J connectivity index is 2.60. The standard InChI is InChI=1S/C12H12N2O2/c1-2-9-7-8-13-14(9)11-6-4-3-5-10(11)12(15)16/h3-8H,2H2,1H3,(H,15,16). The molecule has 1 heterocycles. The molecule has 0 saturated carbocycles. The average Bonchev–Trinajstić information content (AvgIpc) is 2.76. The lowest BCUT2D eigenvalue weighted by Crippen LogP contribution is -2.08. The zero-order chi connectivity index (χ0) is 11.5. The van der Waals surface area contributed by atoms with Gasteiger partial charge in [-0.25, -0.2) is 9.48 Å². The molecule has 4 nitrogen and oxygen atoms in total. The predicted molar refractivity (Wildman–Crippen MR) is 59.9 cm³/mol. The van der Waals surface area contributed by atoms with Crippen LogP contribution in [0.5, 0.6) is 0 Å². The molecule has 0 aliphatic carbocycles. The van der Waals surface area contributed by atoms with Crippen molar-refractivity contribution in [3.63, 3.8) is 0 Å². The second kappa shape index (κ2) is 4.18. The number of carbonyl (C=O) groups is 1. The minimum absolute atomic E-state index is 0.265. The molecule has 1 N–H and O–H groups in total. The van der Waals surface area contributed by atoms with Crippen LogP contribution in [0.15, 0.2) is 36.5 Å². The summed E-state index contributed by atoms with van der Waals surface area (Å²) in [4.78, 5) is 11.1. The topological polar surface area (TPSA) is 55.1 Å². The van der Waals surface area contributed by atoms with Gasteiger partial charge in [0, 0.05) is 11.9 Å². The molecule has 0 bridgehead atoms. The van der Waals surface area contributed by atoms with Gasteiger partial charge in [0.2, 0.25) is 0 Å². The third-order valence-corrected chi connectivity index (χ3v) is 2.45. The lowest BCUT2D eigenvalue weighted by Gasteiger charge is -2.08. The van der Waals surface area contributed by atoms with Gasteiger partial charge >= 0.3 is 5.97 Å². The summed E-state index contributed by atoms with van der Waals surface area (Å²) in [6.45, 7) is 2.01. The molecule has 2 rings (SSSR count). The number of carboxylic acid groups (broad SMARTS) is 1. The fraction of sp³-hybridized carbons (Fsp3) is 0.167. The van der Waals surface area contributed by atoms with Crippen molar-refractivity contribution in [1.82, 2.24) is 9.78 Å². The molecule has 1 aromatic carbocycles. The lowest BCUT2D eigenvalue weighted by molar-refractivity contribution is 0.0696. The van der Waals surface area contributed by atoms with Crippen LogP contribution in [-0.4, -0.2) is 20.9 Å². The van der Waals surface area contributed by atoms with Crippen LogP contribution in [0, 0.1) is 0 Å². The zero-order valence-electron chi connectivity index (χ0n) is 8.92. The minimum Gasteiger partial charge on any atom is -0.478 e. The number of aromatic nitrogens is 2. The highest BCUT2D eigenvalue weighted by atomic mass is 16.4. The van der Waals surface area contributed by atoms with Gasteiger partial charge in [-0.1, -0.05) is 19.1 Å². The van der Waals surface area contributed by atoms with E-state index in [4.69, 9.17) is 5.11 Å². The molecule has 0 atom stereocenters. The monoisotopic (exact) mass is 216 g/mol. The molecule has 0 amide bonds. The first kappa shape index (κ1) is 10.4. The SMILES string of the molecule is CCc1ccnn1-c1ccccc1C(=O)O. The van der Waals surface area contributed by atoms with Gasteiger partial charge in [-0.05, 0) is 24.6 Å². The maximum absolute atomic E-state index is 11.1. The molecule has 16 heavy (non-hydrogen) atoms. The molecule has 0 fully saturated rings. The Morgan fingerprint density at radius 2 is 2.12 bits per heavy atom. The Bertz CT molecular complexity index is 517. The number of hydrogen-bond donors (Lipinski definition) is 1. The van der Waals surface area contributed by atoms with Gasteiger partial charge in [0.25, 0.3) is 0 Å². The van der Waals surface area contributed by atoms with Crippen LogP contribution < -0.4 is 0 Å². The number of carboxylic acids is 1. The lowest BCUT2D eigenvalue weighted by atomic mass is 10.1. The molecule has 1 aromatic heterocycles. The number of nitrogens with zero attached hydrogens (tertiary/aromatic N) is 2. The third kappa shape index (κ3) is 1.69. The van der Waals surface area contributed by atoms with Crippen molar-refractivity contribution in [3.8, 4) is 5.69 Å². The maximum Gasteiger partial charge on any atom is 0.337 e. The van der Waals surface area contributed by atoms with Gasteiger partial charge in [-0.3, -0.25) is 0 Å². The van der Waals surface area contributed by atoms with Crippen LogP contribution in [0.3, 0.4) is 0 Å². The Morgan fingerprint density at radius 3 is 2.81 bits per heavy atom. The number of para-hydroxylation sites is 1. The van der Waals surface area contributed by atoms with E-state index in [2.05, 4.69) is 5.10 Å². The van der Waals surface area contributed by atoms with Gasteiger partial charge in [0.1, 0.15) is 0 Å². The molecular formula is C12H12N2O2. The molecular weight excluding hydrogens is 204 g/mol. The van der Waals surface area contributed by atoms with E-state index in [1.807, 2.05) is 19.1 Å². The quantitative estimate of drug-likeness (QED) is 0.855. The molecule has 0 spiro atoms. The zero-order valence-corrected chi connectivity index (χ0v) is 8.92. The number of benzene rings is 1. The van der Waals surface area contributed by atoms with E-state index in [0.29, 0.717) is 5.69 Å². The summed E-state index contributed by atoms with van der Waals surface area (Å²) in [7, 11) is 0. The van der Waals surface area contributed by atoms with E-state index in [0.717, 1.165) is 12.1 Å². The van der Waals surface area contributed by atoms with Crippen LogP contribution in [0.2, 0.25) is 0 Å². The van der Waals surface area contributed by atoms with Crippen LogP contribution >= 0.6 is 0 Å². The summed E-state index contributed by atoms with van der Waals surface area (Å²) in [5.41, 5.74) is 1.87. The maximum atomic E-state index is 11.1. The smallest absolute Gasteiger partial charge is 0.337 e. The Kier molecular flexibility index (Phi) is 2.72. The van der Waals surface area contributed by atoms with Crippen molar-refractivity contribution < 1.29 is 9.90 Å². The van der Waals surface area contributed by atoms with E-state index in [9.17, 15) is 4.79 Å². The molecule has 2 aromatic rings. The minimum atomic E-state index is -0.937. The largest absolute Gasteiger partial charge is 0.478 e. The summed E-state index contributed by atoms with van der Waals surface area (Å²) >= 11 is 0. The van der Waals surface area contributed by atoms with E-state index in [1.54, 1.807) is 29.1 Å². The molecule has 0 saturated heterocycles. The van der Waals surface area contributed by atoms with Crippen LogP contribution in [0.25, 0.3) is 5.69 Å². The Hall–Kier alpha value is -2.10. The van der Waals surface area contributed by atoms with Crippen molar-refractivity contribution in [3.05, 3.63) is 47.8 Å². The summed E-state index contributed by atoms with van der Waals surface area (Å²) in [6.07, 6.45) is 2.49. The number of hydrogen-bond acceptors (Lipinski definition) is 2. The summed E-state index contributed by atoms with van der Waals surface area (Å²) in [6, 6.07) is 8.75. The summed E-state index contributed by atoms with van der Waals surface area (Å²) in [5.74, 6) is -0.937. The van der Waals surface area contributed by atoms with E-state index in [1.165, 1.54) is 0 Å². The highest BCUT2D eigenvalue weighted by Gasteiger charge is 2.12. The first-order valence-corrected chi connectivity index (χ1v) is 5.09. The first-order chi connectivity index (χ1) is 7.74. The molecule has 0 unspecified atom stereocenters.